The Hall–Kier alpha value is -2.09. The summed E-state index contributed by atoms with van der Waals surface area (Å²) in [5.41, 5.74) is -0.697. The number of carbonyl (C=O) groups excluding carboxylic acids is 2. The maximum Gasteiger partial charge on any atom is 0.410 e. The molecule has 1 aromatic heterocycles. The predicted octanol–water partition coefficient (Wildman–Crippen LogP) is 2.72. The molecule has 2 heterocycles. The van der Waals surface area contributed by atoms with E-state index in [1.807, 2.05) is 0 Å². The molecular formula is C16H21ClFN3O4. The summed E-state index contributed by atoms with van der Waals surface area (Å²) in [5.74, 6) is -1.38. The van der Waals surface area contributed by atoms with E-state index in [-0.39, 0.29) is 16.5 Å². The molecule has 0 bridgehead atoms. The van der Waals surface area contributed by atoms with Crippen LogP contribution in [0.1, 0.15) is 31.1 Å². The lowest BCUT2D eigenvalue weighted by molar-refractivity contribution is 0.0240. The summed E-state index contributed by atoms with van der Waals surface area (Å²) in [6, 6.07) is 1.01. The van der Waals surface area contributed by atoms with E-state index in [1.54, 1.807) is 30.6 Å². The third-order valence-corrected chi connectivity index (χ3v) is 3.84. The van der Waals surface area contributed by atoms with Crippen LogP contribution < -0.4 is 4.90 Å². The highest BCUT2D eigenvalue weighted by Crippen LogP contribution is 2.25. The van der Waals surface area contributed by atoms with E-state index in [4.69, 9.17) is 16.3 Å². The van der Waals surface area contributed by atoms with Gasteiger partial charge < -0.3 is 19.3 Å². The number of rotatable bonds is 2. The van der Waals surface area contributed by atoms with Crippen molar-refractivity contribution < 1.29 is 23.5 Å². The van der Waals surface area contributed by atoms with Gasteiger partial charge >= 0.3 is 12.1 Å². The fourth-order valence-electron chi connectivity index (χ4n) is 2.36. The fourth-order valence-corrected chi connectivity index (χ4v) is 2.57. The number of nitrogens with zero attached hydrogens (tertiary/aromatic N) is 3. The molecule has 2 rings (SSSR count). The maximum atomic E-state index is 14.3. The van der Waals surface area contributed by atoms with Crippen molar-refractivity contribution in [3.05, 3.63) is 22.6 Å². The van der Waals surface area contributed by atoms with Gasteiger partial charge in [-0.15, -0.1) is 0 Å². The van der Waals surface area contributed by atoms with E-state index >= 15 is 0 Å². The van der Waals surface area contributed by atoms with Gasteiger partial charge in [0.2, 0.25) is 0 Å². The number of piperazine rings is 1. The van der Waals surface area contributed by atoms with Crippen LogP contribution in [-0.4, -0.2) is 60.8 Å². The molecule has 1 saturated heterocycles. The highest BCUT2D eigenvalue weighted by molar-refractivity contribution is 6.32. The number of esters is 1. The Kier molecular flexibility index (Phi) is 5.72. The normalized spacial score (nSPS) is 15.1. The highest BCUT2D eigenvalue weighted by Gasteiger charge is 2.28. The average Bonchev–Trinajstić information content (AvgIpc) is 2.54. The van der Waals surface area contributed by atoms with Crippen molar-refractivity contribution in [2.45, 2.75) is 26.4 Å². The quantitative estimate of drug-likeness (QED) is 0.586. The molecular weight excluding hydrogens is 353 g/mol. The first kappa shape index (κ1) is 19.2. The van der Waals surface area contributed by atoms with Gasteiger partial charge in [-0.2, -0.15) is 0 Å². The summed E-state index contributed by atoms with van der Waals surface area (Å²) >= 11 is 5.96. The van der Waals surface area contributed by atoms with Crippen molar-refractivity contribution in [1.29, 1.82) is 0 Å². The largest absolute Gasteiger partial charge is 0.465 e. The van der Waals surface area contributed by atoms with Crippen molar-refractivity contribution >= 4 is 29.5 Å². The monoisotopic (exact) mass is 373 g/mol. The molecule has 0 aliphatic carbocycles. The average molecular weight is 374 g/mol. The number of carbonyl (C=O) groups is 2. The van der Waals surface area contributed by atoms with Crippen molar-refractivity contribution in [2.75, 3.05) is 38.2 Å². The minimum Gasteiger partial charge on any atom is -0.465 e. The molecule has 0 spiro atoms. The summed E-state index contributed by atoms with van der Waals surface area (Å²) in [6.45, 7) is 6.87. The second-order valence-corrected chi connectivity index (χ2v) is 6.94. The Morgan fingerprint density at radius 2 is 1.84 bits per heavy atom. The number of ether oxygens (including phenoxy) is 2. The lowest BCUT2D eigenvalue weighted by Gasteiger charge is -2.36. The van der Waals surface area contributed by atoms with Gasteiger partial charge in [-0.3, -0.25) is 0 Å². The van der Waals surface area contributed by atoms with Gasteiger partial charge in [-0.25, -0.2) is 19.0 Å². The number of hydrogen-bond acceptors (Lipinski definition) is 6. The standard InChI is InChI=1S/C16H21ClFN3O4/c1-16(2,3)25-15(23)21-7-5-20(6-8-21)13-11(18)9-10(12(17)19-13)14(22)24-4/h9H,5-8H2,1-4H3. The van der Waals surface area contributed by atoms with Crippen molar-refractivity contribution in [3.8, 4) is 0 Å². The van der Waals surface area contributed by atoms with Crippen LogP contribution >= 0.6 is 11.6 Å². The number of amides is 1. The number of aromatic nitrogens is 1. The molecule has 1 fully saturated rings. The third-order valence-electron chi connectivity index (χ3n) is 3.55. The summed E-state index contributed by atoms with van der Waals surface area (Å²) < 4.78 is 24.2. The highest BCUT2D eigenvalue weighted by atomic mass is 35.5. The van der Waals surface area contributed by atoms with Gasteiger partial charge in [-0.1, -0.05) is 11.6 Å². The SMILES string of the molecule is COC(=O)c1cc(F)c(N2CCN(C(=O)OC(C)(C)C)CC2)nc1Cl. The van der Waals surface area contributed by atoms with Gasteiger partial charge in [0.15, 0.2) is 11.6 Å². The minimum atomic E-state index is -0.752. The Labute approximate surface area is 150 Å². The van der Waals surface area contributed by atoms with Crippen LogP contribution in [0.4, 0.5) is 15.0 Å². The first-order valence-corrected chi connectivity index (χ1v) is 8.17. The van der Waals surface area contributed by atoms with E-state index < -0.39 is 23.5 Å². The van der Waals surface area contributed by atoms with Crippen molar-refractivity contribution in [1.82, 2.24) is 9.88 Å². The first-order valence-electron chi connectivity index (χ1n) is 7.79. The lowest BCUT2D eigenvalue weighted by atomic mass is 10.2. The molecule has 0 aromatic carbocycles. The molecule has 0 saturated carbocycles. The second-order valence-electron chi connectivity index (χ2n) is 6.58. The van der Waals surface area contributed by atoms with E-state index in [1.165, 1.54) is 7.11 Å². The molecule has 0 N–H and O–H groups in total. The third kappa shape index (κ3) is 4.72. The smallest absolute Gasteiger partial charge is 0.410 e. The molecule has 1 aliphatic heterocycles. The predicted molar refractivity (Wildman–Crippen MR) is 90.6 cm³/mol. The summed E-state index contributed by atoms with van der Waals surface area (Å²) in [5, 5.41) is -0.127. The van der Waals surface area contributed by atoms with Crippen LogP contribution in [0.3, 0.4) is 0 Å². The summed E-state index contributed by atoms with van der Waals surface area (Å²) in [4.78, 5) is 30.8. The van der Waals surface area contributed by atoms with Gasteiger partial charge in [0.05, 0.1) is 7.11 Å². The molecule has 0 radical (unpaired) electrons. The Morgan fingerprint density at radius 1 is 1.24 bits per heavy atom. The molecule has 138 valence electrons. The Bertz CT molecular complexity index is 670. The van der Waals surface area contributed by atoms with Crippen LogP contribution in [0.2, 0.25) is 5.15 Å². The fraction of sp³-hybridized carbons (Fsp3) is 0.562. The summed E-state index contributed by atoms with van der Waals surface area (Å²) in [6.07, 6.45) is -0.403. The second kappa shape index (κ2) is 7.43. The molecule has 25 heavy (non-hydrogen) atoms. The molecule has 7 nitrogen and oxygen atoms in total. The zero-order valence-electron chi connectivity index (χ0n) is 14.6. The number of hydrogen-bond donors (Lipinski definition) is 0. The number of pyridine rings is 1. The van der Waals surface area contributed by atoms with Gasteiger partial charge in [0.1, 0.15) is 16.3 Å². The molecule has 1 aromatic rings. The zero-order chi connectivity index (χ0) is 18.8. The number of methoxy groups -OCH3 is 1. The van der Waals surface area contributed by atoms with Gasteiger partial charge in [0, 0.05) is 26.2 Å². The zero-order valence-corrected chi connectivity index (χ0v) is 15.4. The van der Waals surface area contributed by atoms with Gasteiger partial charge in [-0.05, 0) is 26.8 Å². The molecule has 0 unspecified atom stereocenters. The molecule has 0 atom stereocenters. The molecule has 9 heteroatoms. The van der Waals surface area contributed by atoms with E-state index in [0.29, 0.717) is 26.2 Å². The van der Waals surface area contributed by atoms with Gasteiger partial charge in [0.25, 0.3) is 0 Å². The van der Waals surface area contributed by atoms with Crippen LogP contribution in [0, 0.1) is 5.82 Å². The van der Waals surface area contributed by atoms with E-state index in [2.05, 4.69) is 9.72 Å². The van der Waals surface area contributed by atoms with Crippen LogP contribution in [-0.2, 0) is 9.47 Å². The Morgan fingerprint density at radius 3 is 2.36 bits per heavy atom. The van der Waals surface area contributed by atoms with Crippen LogP contribution in [0.5, 0.6) is 0 Å². The van der Waals surface area contributed by atoms with Crippen molar-refractivity contribution in [2.24, 2.45) is 0 Å². The molecule has 1 amide bonds. The lowest BCUT2D eigenvalue weighted by Crippen LogP contribution is -2.50. The summed E-state index contributed by atoms with van der Waals surface area (Å²) in [7, 11) is 1.18. The Balaban J connectivity index is 2.07. The molecule has 1 aliphatic rings. The number of anilines is 1. The van der Waals surface area contributed by atoms with Crippen molar-refractivity contribution in [3.63, 3.8) is 0 Å². The number of halogens is 2. The first-order chi connectivity index (χ1) is 11.6. The minimum absolute atomic E-state index is 0.0430. The maximum absolute atomic E-state index is 14.3. The van der Waals surface area contributed by atoms with E-state index in [0.717, 1.165) is 6.07 Å². The van der Waals surface area contributed by atoms with Crippen LogP contribution in [0.15, 0.2) is 6.07 Å². The van der Waals surface area contributed by atoms with Crippen LogP contribution in [0.25, 0.3) is 0 Å². The topological polar surface area (TPSA) is 72.0 Å². The van der Waals surface area contributed by atoms with E-state index in [9.17, 15) is 14.0 Å².